The van der Waals surface area contributed by atoms with Crippen LogP contribution in [0, 0.1) is 11.8 Å². The van der Waals surface area contributed by atoms with Crippen molar-refractivity contribution < 1.29 is 9.59 Å². The summed E-state index contributed by atoms with van der Waals surface area (Å²) < 4.78 is 1.80. The highest BCUT2D eigenvalue weighted by molar-refractivity contribution is 5.90. The smallest absolute Gasteiger partial charge is 0.317 e. The van der Waals surface area contributed by atoms with Crippen LogP contribution in [0.15, 0.2) is 12.3 Å². The van der Waals surface area contributed by atoms with E-state index >= 15 is 0 Å². The second-order valence-corrected chi connectivity index (χ2v) is 7.54. The van der Waals surface area contributed by atoms with Crippen molar-refractivity contribution in [2.24, 2.45) is 11.8 Å². The molecule has 2 heterocycles. The lowest BCUT2D eigenvalue weighted by Crippen LogP contribution is -2.46. The SMILES string of the molecule is CC(C)CNC(=O)N1CCC[C@H](CC(=O)Nc2ccnn2C(C)C)C1. The Morgan fingerprint density at radius 3 is 2.76 bits per heavy atom. The van der Waals surface area contributed by atoms with Crippen molar-refractivity contribution >= 4 is 17.8 Å². The van der Waals surface area contributed by atoms with Gasteiger partial charge in [0, 0.05) is 38.2 Å². The molecule has 0 radical (unpaired) electrons. The number of aromatic nitrogens is 2. The van der Waals surface area contributed by atoms with Gasteiger partial charge >= 0.3 is 6.03 Å². The summed E-state index contributed by atoms with van der Waals surface area (Å²) in [4.78, 5) is 26.4. The molecule has 1 saturated heterocycles. The Morgan fingerprint density at radius 1 is 1.32 bits per heavy atom. The molecule has 0 aromatic carbocycles. The van der Waals surface area contributed by atoms with Crippen LogP contribution >= 0.6 is 0 Å². The minimum absolute atomic E-state index is 0.0168. The van der Waals surface area contributed by atoms with Crippen LogP contribution in [0.4, 0.5) is 10.6 Å². The molecule has 0 spiro atoms. The third kappa shape index (κ3) is 5.76. The van der Waals surface area contributed by atoms with E-state index in [0.29, 0.717) is 25.4 Å². The average Bonchev–Trinajstić information content (AvgIpc) is 3.01. The first kappa shape index (κ1) is 19.3. The Hall–Kier alpha value is -2.05. The largest absolute Gasteiger partial charge is 0.338 e. The molecule has 2 N–H and O–H groups in total. The van der Waals surface area contributed by atoms with E-state index in [1.807, 2.05) is 24.8 Å². The zero-order valence-corrected chi connectivity index (χ0v) is 15.8. The molecule has 1 aromatic rings. The summed E-state index contributed by atoms with van der Waals surface area (Å²) in [5, 5.41) is 10.1. The first-order chi connectivity index (χ1) is 11.9. The van der Waals surface area contributed by atoms with Crippen LogP contribution in [0.1, 0.15) is 53.0 Å². The lowest BCUT2D eigenvalue weighted by molar-refractivity contribution is -0.117. The van der Waals surface area contributed by atoms with Gasteiger partial charge in [0.05, 0.1) is 6.20 Å². The van der Waals surface area contributed by atoms with E-state index in [-0.39, 0.29) is 23.9 Å². The van der Waals surface area contributed by atoms with Crippen molar-refractivity contribution in [1.29, 1.82) is 0 Å². The highest BCUT2D eigenvalue weighted by atomic mass is 16.2. The molecule has 7 nitrogen and oxygen atoms in total. The Bertz CT molecular complexity index is 582. The number of piperidine rings is 1. The summed E-state index contributed by atoms with van der Waals surface area (Å²) in [6.45, 7) is 10.3. The van der Waals surface area contributed by atoms with Gasteiger partial charge in [-0.05, 0) is 38.5 Å². The number of carbonyl (C=O) groups is 2. The number of urea groups is 1. The van der Waals surface area contributed by atoms with Crippen molar-refractivity contribution in [1.82, 2.24) is 20.0 Å². The Balaban J connectivity index is 1.84. The molecule has 140 valence electrons. The van der Waals surface area contributed by atoms with Gasteiger partial charge in [-0.3, -0.25) is 4.79 Å². The highest BCUT2D eigenvalue weighted by Crippen LogP contribution is 2.21. The van der Waals surface area contributed by atoms with Crippen molar-refractivity contribution in [3.8, 4) is 0 Å². The summed E-state index contributed by atoms with van der Waals surface area (Å²) in [6.07, 6.45) is 4.04. The van der Waals surface area contributed by atoms with Gasteiger partial charge < -0.3 is 15.5 Å². The fourth-order valence-electron chi connectivity index (χ4n) is 3.10. The maximum absolute atomic E-state index is 12.4. The van der Waals surface area contributed by atoms with Crippen LogP contribution < -0.4 is 10.6 Å². The number of amides is 3. The molecule has 0 aliphatic carbocycles. The summed E-state index contributed by atoms with van der Waals surface area (Å²) in [7, 11) is 0. The zero-order chi connectivity index (χ0) is 18.4. The van der Waals surface area contributed by atoms with Gasteiger partial charge in [-0.25, -0.2) is 9.48 Å². The number of hydrogen-bond acceptors (Lipinski definition) is 3. The Morgan fingerprint density at radius 2 is 2.08 bits per heavy atom. The number of hydrogen-bond donors (Lipinski definition) is 2. The molecule has 2 rings (SSSR count). The van der Waals surface area contributed by atoms with E-state index in [1.165, 1.54) is 0 Å². The third-order valence-electron chi connectivity index (χ3n) is 4.37. The highest BCUT2D eigenvalue weighted by Gasteiger charge is 2.25. The summed E-state index contributed by atoms with van der Waals surface area (Å²) >= 11 is 0. The second-order valence-electron chi connectivity index (χ2n) is 7.54. The van der Waals surface area contributed by atoms with Gasteiger partial charge in [0.1, 0.15) is 5.82 Å². The van der Waals surface area contributed by atoms with Crippen LogP contribution in [0.3, 0.4) is 0 Å². The number of carbonyl (C=O) groups excluding carboxylic acids is 2. The number of nitrogens with one attached hydrogen (secondary N) is 2. The van der Waals surface area contributed by atoms with E-state index in [1.54, 1.807) is 10.9 Å². The topological polar surface area (TPSA) is 79.3 Å². The van der Waals surface area contributed by atoms with E-state index in [0.717, 1.165) is 25.2 Å². The van der Waals surface area contributed by atoms with Gasteiger partial charge in [-0.15, -0.1) is 0 Å². The zero-order valence-electron chi connectivity index (χ0n) is 15.8. The number of anilines is 1. The van der Waals surface area contributed by atoms with E-state index in [4.69, 9.17) is 0 Å². The second kappa shape index (κ2) is 8.87. The number of likely N-dealkylation sites (tertiary alicyclic amines) is 1. The fraction of sp³-hybridized carbons (Fsp3) is 0.722. The van der Waals surface area contributed by atoms with E-state index in [2.05, 4.69) is 29.6 Å². The normalized spacial score (nSPS) is 17.8. The van der Waals surface area contributed by atoms with E-state index < -0.39 is 0 Å². The van der Waals surface area contributed by atoms with Crippen LogP contribution in [0.2, 0.25) is 0 Å². The molecule has 7 heteroatoms. The van der Waals surface area contributed by atoms with E-state index in [9.17, 15) is 9.59 Å². The van der Waals surface area contributed by atoms with Crippen LogP contribution in [0.5, 0.6) is 0 Å². The predicted molar refractivity (Wildman–Crippen MR) is 98.4 cm³/mol. The van der Waals surface area contributed by atoms with Gasteiger partial charge in [0.2, 0.25) is 5.91 Å². The lowest BCUT2D eigenvalue weighted by Gasteiger charge is -2.32. The van der Waals surface area contributed by atoms with Crippen molar-refractivity contribution in [2.45, 2.75) is 53.0 Å². The molecule has 0 unspecified atom stereocenters. The molecule has 1 aliphatic heterocycles. The standard InChI is InChI=1S/C18H31N5O2/c1-13(2)11-19-18(25)22-9-5-6-15(12-22)10-17(24)21-16-7-8-20-23(16)14(3)4/h7-8,13-15H,5-6,9-12H2,1-4H3,(H,19,25)(H,21,24)/t15-/m1/s1. The van der Waals surface area contributed by atoms with Gasteiger partial charge in [0.25, 0.3) is 0 Å². The number of nitrogens with zero attached hydrogens (tertiary/aromatic N) is 3. The first-order valence-electron chi connectivity index (χ1n) is 9.23. The number of rotatable bonds is 6. The maximum Gasteiger partial charge on any atom is 0.317 e. The molecule has 3 amide bonds. The molecule has 0 saturated carbocycles. The van der Waals surface area contributed by atoms with Gasteiger partial charge in [-0.2, -0.15) is 5.10 Å². The summed E-state index contributed by atoms with van der Waals surface area (Å²) in [5.41, 5.74) is 0. The molecular formula is C18H31N5O2. The van der Waals surface area contributed by atoms with Gasteiger partial charge in [-0.1, -0.05) is 13.8 Å². The van der Waals surface area contributed by atoms with Crippen molar-refractivity contribution in [3.05, 3.63) is 12.3 Å². The molecule has 1 aromatic heterocycles. The van der Waals surface area contributed by atoms with Crippen molar-refractivity contribution in [2.75, 3.05) is 25.0 Å². The van der Waals surface area contributed by atoms with Crippen LogP contribution in [0.25, 0.3) is 0 Å². The predicted octanol–water partition coefficient (Wildman–Crippen LogP) is 2.87. The van der Waals surface area contributed by atoms with Crippen LogP contribution in [-0.2, 0) is 4.79 Å². The molecule has 0 bridgehead atoms. The minimum Gasteiger partial charge on any atom is -0.338 e. The van der Waals surface area contributed by atoms with Gasteiger partial charge in [0.15, 0.2) is 0 Å². The monoisotopic (exact) mass is 349 g/mol. The quantitative estimate of drug-likeness (QED) is 0.829. The third-order valence-corrected chi connectivity index (χ3v) is 4.37. The lowest BCUT2D eigenvalue weighted by atomic mass is 9.94. The summed E-state index contributed by atoms with van der Waals surface area (Å²) in [5.74, 6) is 1.34. The van der Waals surface area contributed by atoms with Crippen molar-refractivity contribution in [3.63, 3.8) is 0 Å². The molecule has 1 fully saturated rings. The Kier molecular flexibility index (Phi) is 6.84. The molecule has 1 aliphatic rings. The minimum atomic E-state index is -0.0170. The average molecular weight is 349 g/mol. The molecular weight excluding hydrogens is 318 g/mol. The van der Waals surface area contributed by atoms with Crippen LogP contribution in [-0.4, -0.2) is 46.3 Å². The molecule has 1 atom stereocenters. The maximum atomic E-state index is 12.4. The Labute approximate surface area is 150 Å². The fourth-order valence-corrected chi connectivity index (χ4v) is 3.10. The molecule has 25 heavy (non-hydrogen) atoms. The summed E-state index contributed by atoms with van der Waals surface area (Å²) in [6, 6.07) is 1.99. The first-order valence-corrected chi connectivity index (χ1v) is 9.23.